The van der Waals surface area contributed by atoms with Crippen molar-refractivity contribution < 1.29 is 9.90 Å². The Bertz CT molecular complexity index is 183. The van der Waals surface area contributed by atoms with E-state index in [-0.39, 0.29) is 5.92 Å². The van der Waals surface area contributed by atoms with Crippen LogP contribution in [0.2, 0.25) is 0 Å². The molecule has 0 aliphatic heterocycles. The predicted molar refractivity (Wildman–Crippen MR) is 73.7 cm³/mol. The fourth-order valence-corrected chi connectivity index (χ4v) is 2.31. The van der Waals surface area contributed by atoms with Crippen molar-refractivity contribution in [3.05, 3.63) is 0 Å². The summed E-state index contributed by atoms with van der Waals surface area (Å²) in [5.74, 6) is -0.463. The first-order valence-electron chi connectivity index (χ1n) is 7.01. The Morgan fingerprint density at radius 2 is 1.53 bits per heavy atom. The van der Waals surface area contributed by atoms with Crippen molar-refractivity contribution in [1.29, 1.82) is 0 Å². The minimum atomic E-state index is -0.686. The molecule has 3 heteroatoms. The molecule has 0 aromatic rings. The fourth-order valence-electron chi connectivity index (χ4n) is 2.05. The molecule has 1 N–H and O–H groups in total. The van der Waals surface area contributed by atoms with Crippen molar-refractivity contribution in [1.82, 2.24) is 0 Å². The Morgan fingerprint density at radius 3 is 2.00 bits per heavy atom. The lowest BCUT2D eigenvalue weighted by Crippen LogP contribution is -2.14. The van der Waals surface area contributed by atoms with Crippen LogP contribution in [0, 0.1) is 5.92 Å². The number of rotatable bonds is 12. The molecule has 0 aromatic carbocycles. The van der Waals surface area contributed by atoms with Gasteiger partial charge in [0.1, 0.15) is 0 Å². The van der Waals surface area contributed by atoms with E-state index in [2.05, 4.69) is 6.92 Å². The molecule has 102 valence electrons. The second kappa shape index (κ2) is 12.2. The van der Waals surface area contributed by atoms with Gasteiger partial charge in [0.15, 0.2) is 0 Å². The van der Waals surface area contributed by atoms with Crippen LogP contribution in [0.1, 0.15) is 71.1 Å². The van der Waals surface area contributed by atoms with Gasteiger partial charge in [0.25, 0.3) is 0 Å². The fraction of sp³-hybridized carbons (Fsp3) is 0.929. The van der Waals surface area contributed by atoms with E-state index >= 15 is 0 Å². The largest absolute Gasteiger partial charge is 0.481 e. The summed E-state index contributed by atoms with van der Waals surface area (Å²) in [6.45, 7) is 2.23. The van der Waals surface area contributed by atoms with Crippen LogP contribution in [-0.4, -0.2) is 17.0 Å². The molecule has 0 aliphatic rings. The van der Waals surface area contributed by atoms with E-state index in [0.29, 0.717) is 12.3 Å². The highest BCUT2D eigenvalue weighted by Crippen LogP contribution is 2.16. The maximum atomic E-state index is 10.9. The molecule has 2 nitrogen and oxygen atoms in total. The van der Waals surface area contributed by atoms with Gasteiger partial charge in [-0.05, 0) is 12.8 Å². The van der Waals surface area contributed by atoms with Gasteiger partial charge in [0.2, 0.25) is 0 Å². The van der Waals surface area contributed by atoms with Crippen molar-refractivity contribution in [2.24, 2.45) is 5.92 Å². The van der Waals surface area contributed by atoms with Gasteiger partial charge in [-0.15, -0.1) is 11.6 Å². The van der Waals surface area contributed by atoms with E-state index in [4.69, 9.17) is 16.7 Å². The molecule has 0 amide bonds. The average Bonchev–Trinajstić information content (AvgIpc) is 2.31. The number of aliphatic carboxylic acids is 1. The summed E-state index contributed by atoms with van der Waals surface area (Å²) >= 11 is 5.59. The van der Waals surface area contributed by atoms with Crippen LogP contribution in [0.25, 0.3) is 0 Å². The van der Waals surface area contributed by atoms with E-state index in [9.17, 15) is 4.79 Å². The quantitative estimate of drug-likeness (QED) is 0.403. The normalized spacial score (nSPS) is 12.6. The van der Waals surface area contributed by atoms with Crippen molar-refractivity contribution in [3.8, 4) is 0 Å². The zero-order chi connectivity index (χ0) is 12.9. The molecule has 0 heterocycles. The molecule has 0 saturated carbocycles. The first-order valence-corrected chi connectivity index (χ1v) is 7.54. The van der Waals surface area contributed by atoms with Gasteiger partial charge >= 0.3 is 5.97 Å². The predicted octanol–water partition coefficient (Wildman–Crippen LogP) is 4.85. The van der Waals surface area contributed by atoms with Crippen molar-refractivity contribution in [2.75, 3.05) is 5.88 Å². The van der Waals surface area contributed by atoms with E-state index in [1.54, 1.807) is 0 Å². The highest BCUT2D eigenvalue weighted by molar-refractivity contribution is 6.17. The third-order valence-corrected chi connectivity index (χ3v) is 3.43. The molecular formula is C14H27ClO2. The molecule has 0 saturated heterocycles. The zero-order valence-corrected chi connectivity index (χ0v) is 11.8. The molecule has 0 fully saturated rings. The Balaban J connectivity index is 3.33. The van der Waals surface area contributed by atoms with Crippen LogP contribution in [0.5, 0.6) is 0 Å². The molecule has 0 aromatic heterocycles. The Morgan fingerprint density at radius 1 is 1.00 bits per heavy atom. The van der Waals surface area contributed by atoms with Crippen LogP contribution in [-0.2, 0) is 4.79 Å². The molecule has 0 aliphatic carbocycles. The highest BCUT2D eigenvalue weighted by Gasteiger charge is 2.15. The molecule has 1 unspecified atom stereocenters. The summed E-state index contributed by atoms with van der Waals surface area (Å²) in [7, 11) is 0. The summed E-state index contributed by atoms with van der Waals surface area (Å²) < 4.78 is 0. The van der Waals surface area contributed by atoms with Crippen molar-refractivity contribution in [2.45, 2.75) is 71.1 Å². The van der Waals surface area contributed by atoms with Crippen LogP contribution < -0.4 is 0 Å². The van der Waals surface area contributed by atoms with Crippen molar-refractivity contribution in [3.63, 3.8) is 0 Å². The van der Waals surface area contributed by atoms with Gasteiger partial charge in [-0.3, -0.25) is 4.79 Å². The Kier molecular flexibility index (Phi) is 12.1. The lowest BCUT2D eigenvalue weighted by Gasteiger charge is -2.09. The maximum Gasteiger partial charge on any atom is 0.306 e. The molecule has 0 rings (SSSR count). The standard InChI is InChI=1S/C14H27ClO2/c1-2-3-4-5-6-7-8-9-10-13(11-12-15)14(16)17/h13H,2-12H2,1H3,(H,16,17). The van der Waals surface area contributed by atoms with Gasteiger partial charge in [-0.2, -0.15) is 0 Å². The van der Waals surface area contributed by atoms with Crippen LogP contribution >= 0.6 is 11.6 Å². The second-order valence-corrected chi connectivity index (χ2v) is 5.15. The maximum absolute atomic E-state index is 10.9. The summed E-state index contributed by atoms with van der Waals surface area (Å²) in [5.41, 5.74) is 0. The average molecular weight is 263 g/mol. The zero-order valence-electron chi connectivity index (χ0n) is 11.1. The number of hydrogen-bond donors (Lipinski definition) is 1. The molecular weight excluding hydrogens is 236 g/mol. The summed E-state index contributed by atoms with van der Waals surface area (Å²) in [5, 5.41) is 8.95. The molecule has 0 bridgehead atoms. The third-order valence-electron chi connectivity index (χ3n) is 3.21. The minimum Gasteiger partial charge on any atom is -0.481 e. The lowest BCUT2D eigenvalue weighted by molar-refractivity contribution is -0.142. The van der Waals surface area contributed by atoms with Gasteiger partial charge < -0.3 is 5.11 Å². The van der Waals surface area contributed by atoms with Crippen molar-refractivity contribution >= 4 is 17.6 Å². The number of carbonyl (C=O) groups is 1. The van der Waals surface area contributed by atoms with E-state index < -0.39 is 5.97 Å². The van der Waals surface area contributed by atoms with Crippen LogP contribution in [0.4, 0.5) is 0 Å². The minimum absolute atomic E-state index is 0.229. The topological polar surface area (TPSA) is 37.3 Å². The van der Waals surface area contributed by atoms with E-state index in [0.717, 1.165) is 19.3 Å². The molecule has 1 atom stereocenters. The van der Waals surface area contributed by atoms with Gasteiger partial charge in [0, 0.05) is 5.88 Å². The van der Waals surface area contributed by atoms with Gasteiger partial charge in [0.05, 0.1) is 5.92 Å². The number of halogens is 1. The SMILES string of the molecule is CCCCCCCCCCC(CCCl)C(=O)O. The van der Waals surface area contributed by atoms with Crippen LogP contribution in [0.3, 0.4) is 0 Å². The summed E-state index contributed by atoms with van der Waals surface area (Å²) in [6.07, 6.45) is 11.4. The Hall–Kier alpha value is -0.240. The molecule has 17 heavy (non-hydrogen) atoms. The summed E-state index contributed by atoms with van der Waals surface area (Å²) in [6, 6.07) is 0. The smallest absolute Gasteiger partial charge is 0.306 e. The van der Waals surface area contributed by atoms with Gasteiger partial charge in [-0.1, -0.05) is 58.3 Å². The number of unbranched alkanes of at least 4 members (excludes halogenated alkanes) is 7. The number of carboxylic acids is 1. The third kappa shape index (κ3) is 10.6. The first-order chi connectivity index (χ1) is 8.22. The van der Waals surface area contributed by atoms with Gasteiger partial charge in [-0.25, -0.2) is 0 Å². The molecule has 0 radical (unpaired) electrons. The van der Waals surface area contributed by atoms with Crippen LogP contribution in [0.15, 0.2) is 0 Å². The highest BCUT2D eigenvalue weighted by atomic mass is 35.5. The van der Waals surface area contributed by atoms with E-state index in [1.807, 2.05) is 0 Å². The number of hydrogen-bond acceptors (Lipinski definition) is 1. The Labute approximate surface area is 111 Å². The first kappa shape index (κ1) is 16.8. The van der Waals surface area contributed by atoms with E-state index in [1.165, 1.54) is 38.5 Å². The summed E-state index contributed by atoms with van der Waals surface area (Å²) in [4.78, 5) is 10.9. The monoisotopic (exact) mass is 262 g/mol. The second-order valence-electron chi connectivity index (χ2n) is 4.78. The lowest BCUT2D eigenvalue weighted by atomic mass is 9.98. The number of carboxylic acid groups (broad SMARTS) is 1. The molecule has 0 spiro atoms. The number of alkyl halides is 1.